The molecule has 235 valence electrons. The molecule has 16 nitrogen and oxygen atoms in total. The van der Waals surface area contributed by atoms with Crippen LogP contribution in [0.4, 0.5) is 0 Å². The van der Waals surface area contributed by atoms with Crippen molar-refractivity contribution in [3.8, 4) is 5.75 Å². The maximum absolute atomic E-state index is 12.3. The second-order valence-electron chi connectivity index (χ2n) is 10.2. The van der Waals surface area contributed by atoms with Crippen LogP contribution in [-0.4, -0.2) is 169 Å². The van der Waals surface area contributed by atoms with Gasteiger partial charge >= 0.3 is 11.9 Å². The van der Waals surface area contributed by atoms with Gasteiger partial charge in [-0.05, 0) is 43.5 Å². The van der Waals surface area contributed by atoms with Gasteiger partial charge in [-0.15, -0.1) is 11.8 Å². The van der Waals surface area contributed by atoms with Crippen molar-refractivity contribution >= 4 is 92.8 Å². The number of thioether (sulfide) groups is 1. The Hall–Kier alpha value is -2.10. The molecule has 3 amide bonds. The van der Waals surface area contributed by atoms with E-state index < -0.39 is 58.0 Å². The first kappa shape index (κ1) is 40.9. The Balaban J connectivity index is 0.000000847. The molecule has 4 aliphatic rings. The summed E-state index contributed by atoms with van der Waals surface area (Å²) in [5, 5.41) is 38.5. The minimum absolute atomic E-state index is 0. The number of carboxylic acids is 2. The van der Waals surface area contributed by atoms with Crippen molar-refractivity contribution in [3.05, 3.63) is 41.5 Å². The number of carbonyl (C=O) groups is 5. The van der Waals surface area contributed by atoms with Gasteiger partial charge in [-0.1, -0.05) is 18.2 Å². The zero-order chi connectivity index (χ0) is 28.8. The van der Waals surface area contributed by atoms with E-state index in [0.717, 1.165) is 0 Å². The van der Waals surface area contributed by atoms with Crippen LogP contribution >= 0.6 is 11.8 Å². The number of fused-ring (bicyclic) bond motifs is 2. The molecule has 0 bridgehead atoms. The molecule has 1 aromatic rings. The topological polar surface area (TPSA) is 305 Å². The fourth-order valence-corrected chi connectivity index (χ4v) is 7.02. The molecule has 1 aromatic carbocycles. The average molecular weight is 656 g/mol. The number of carbonyl (C=O) groups excluding carboxylic acids is 3. The molecule has 18 heteroatoms. The minimum Gasteiger partial charge on any atom is -0.508 e. The Kier molecular flexibility index (Phi) is 15.0. The van der Waals surface area contributed by atoms with Gasteiger partial charge in [0.2, 0.25) is 17.7 Å². The normalized spacial score (nSPS) is 27.1. The SMILES string of the molecule is CC1(C)S[C@@H]2[C@H](NC(=O)[C@H](N)c3ccc(O)cc3)C(=O)N2[C@H]1C(=O)O.O.O.O.O=C(O)[C@H]1/C(=C/CO)C[C@@H]2CC(=O)N21.[K]. The monoisotopic (exact) mass is 655 g/mol. The van der Waals surface area contributed by atoms with Gasteiger partial charge in [0.1, 0.15) is 29.2 Å². The van der Waals surface area contributed by atoms with Crippen LogP contribution in [0, 0.1) is 0 Å². The first-order valence-electron chi connectivity index (χ1n) is 12.2. The Morgan fingerprint density at radius 2 is 1.65 bits per heavy atom. The summed E-state index contributed by atoms with van der Waals surface area (Å²) in [7, 11) is 0. The van der Waals surface area contributed by atoms with E-state index in [9.17, 15) is 34.2 Å². The predicted octanol–water partition coefficient (Wildman–Crippen LogP) is -3.47. The number of hydrogen-bond acceptors (Lipinski definition) is 9. The first-order valence-corrected chi connectivity index (χ1v) is 13.1. The Bertz CT molecular complexity index is 1250. The van der Waals surface area contributed by atoms with Crippen LogP contribution in [0.3, 0.4) is 0 Å². The molecule has 1 radical (unpaired) electrons. The van der Waals surface area contributed by atoms with E-state index in [-0.39, 0.29) is 92.1 Å². The number of phenolic OH excluding ortho intramolecular Hbond substituents is 1. The number of benzene rings is 1. The molecule has 0 spiro atoms. The van der Waals surface area contributed by atoms with E-state index in [1.54, 1.807) is 13.8 Å². The number of aliphatic hydroxyl groups is 1. The molecule has 4 saturated heterocycles. The van der Waals surface area contributed by atoms with Crippen LogP contribution in [0.25, 0.3) is 0 Å². The van der Waals surface area contributed by atoms with Crippen LogP contribution < -0.4 is 11.1 Å². The van der Waals surface area contributed by atoms with Crippen molar-refractivity contribution in [1.29, 1.82) is 0 Å². The van der Waals surface area contributed by atoms with Gasteiger partial charge in [-0.3, -0.25) is 14.4 Å². The molecule has 4 heterocycles. The third kappa shape index (κ3) is 7.77. The summed E-state index contributed by atoms with van der Waals surface area (Å²) < 4.78 is -0.648. The molecule has 13 N–H and O–H groups in total. The smallest absolute Gasteiger partial charge is 0.330 e. The summed E-state index contributed by atoms with van der Waals surface area (Å²) in [6.07, 6.45) is 2.51. The molecular weight excluding hydrogens is 619 g/mol. The van der Waals surface area contributed by atoms with E-state index in [1.165, 1.54) is 51.9 Å². The van der Waals surface area contributed by atoms with Gasteiger partial charge in [0.25, 0.3) is 0 Å². The number of carboxylic acid groups (broad SMARTS) is 2. The van der Waals surface area contributed by atoms with Gasteiger partial charge in [0, 0.05) is 68.6 Å². The quantitative estimate of drug-likeness (QED) is 0.0993. The largest absolute Gasteiger partial charge is 0.508 e. The average Bonchev–Trinajstić information content (AvgIpc) is 3.31. The van der Waals surface area contributed by atoms with Gasteiger partial charge in [0.15, 0.2) is 6.04 Å². The van der Waals surface area contributed by atoms with Gasteiger partial charge in [0.05, 0.1) is 6.61 Å². The molecule has 0 saturated carbocycles. The summed E-state index contributed by atoms with van der Waals surface area (Å²) >= 11 is 1.35. The summed E-state index contributed by atoms with van der Waals surface area (Å²) in [4.78, 5) is 60.9. The number of aliphatic hydroxyl groups excluding tert-OH is 1. The fourth-order valence-electron chi connectivity index (χ4n) is 5.40. The van der Waals surface area contributed by atoms with E-state index in [4.69, 9.17) is 15.9 Å². The maximum Gasteiger partial charge on any atom is 0.330 e. The molecule has 0 unspecified atom stereocenters. The minimum atomic E-state index is -1.06. The van der Waals surface area contributed by atoms with Crippen LogP contribution in [0.5, 0.6) is 5.75 Å². The fraction of sp³-hybridized carbons (Fsp3) is 0.480. The zero-order valence-electron chi connectivity index (χ0n) is 23.7. The molecule has 4 aliphatic heterocycles. The van der Waals surface area contributed by atoms with Crippen LogP contribution in [0.1, 0.15) is 38.3 Å². The van der Waals surface area contributed by atoms with Crippen molar-refractivity contribution in [2.24, 2.45) is 5.73 Å². The van der Waals surface area contributed by atoms with Gasteiger partial charge in [-0.25, -0.2) is 9.59 Å². The number of rotatable bonds is 6. The first-order chi connectivity index (χ1) is 18.3. The van der Waals surface area contributed by atoms with E-state index in [0.29, 0.717) is 24.0 Å². The number of aliphatic carboxylic acids is 2. The number of phenols is 1. The Labute approximate surface area is 293 Å². The van der Waals surface area contributed by atoms with Crippen molar-refractivity contribution in [2.45, 2.75) is 67.0 Å². The summed E-state index contributed by atoms with van der Waals surface area (Å²) in [5.41, 5.74) is 7.06. The van der Waals surface area contributed by atoms with Crippen molar-refractivity contribution in [3.63, 3.8) is 0 Å². The number of nitrogens with one attached hydrogen (secondary N) is 1. The standard InChI is InChI=1S/C16H19N3O5S.C9H11NO4.K.3H2O/c1-16(2)11(15(23)24)19-13(22)10(14(19)25-16)18-12(21)9(17)7-3-5-8(20)6-4-7;11-2-1-5-3-6-4-7(12)10(6)8(5)9(13)14;;;;/h3-6,9-11,14,20H,17H2,1-2H3,(H,18,21)(H,23,24);1,6,8,11H,2-4H2,(H,13,14);;3*1H2/b;5-1+;;;;/t9-,10-,11+,14-;6-,8-;;;;/m11..../s1. The molecule has 43 heavy (non-hydrogen) atoms. The van der Waals surface area contributed by atoms with Crippen LogP contribution in [-0.2, 0) is 24.0 Å². The summed E-state index contributed by atoms with van der Waals surface area (Å²) in [6.45, 7) is 3.36. The van der Waals surface area contributed by atoms with Crippen molar-refractivity contribution in [1.82, 2.24) is 15.1 Å². The van der Waals surface area contributed by atoms with E-state index >= 15 is 0 Å². The molecule has 6 atom stereocenters. The summed E-state index contributed by atoms with van der Waals surface area (Å²) in [5.74, 6) is -3.06. The molecule has 0 aliphatic carbocycles. The van der Waals surface area contributed by atoms with Crippen molar-refractivity contribution < 1.29 is 60.8 Å². The zero-order valence-corrected chi connectivity index (χ0v) is 27.6. The third-order valence-electron chi connectivity index (χ3n) is 7.29. The second-order valence-corrected chi connectivity index (χ2v) is 12.0. The van der Waals surface area contributed by atoms with Crippen LogP contribution in [0.15, 0.2) is 35.9 Å². The number of amides is 3. The number of nitrogens with zero attached hydrogens (tertiary/aromatic N) is 2. The molecule has 0 aromatic heterocycles. The Morgan fingerprint density at radius 3 is 2.14 bits per heavy atom. The van der Waals surface area contributed by atoms with Gasteiger partial charge in [-0.2, -0.15) is 0 Å². The molecule has 5 rings (SSSR count). The maximum atomic E-state index is 12.3. The van der Waals surface area contributed by atoms with E-state index in [2.05, 4.69) is 5.32 Å². The summed E-state index contributed by atoms with van der Waals surface area (Å²) in [6, 6.07) is 2.41. The second kappa shape index (κ2) is 15.8. The Morgan fingerprint density at radius 1 is 1.07 bits per heavy atom. The number of nitrogens with two attached hydrogens (primary N) is 1. The number of β-lactam (4-membered cyclic amide) rings is 2. The van der Waals surface area contributed by atoms with Crippen molar-refractivity contribution in [2.75, 3.05) is 6.61 Å². The van der Waals surface area contributed by atoms with Gasteiger partial charge < -0.3 is 57.7 Å². The van der Waals surface area contributed by atoms with E-state index in [1.807, 2.05) is 0 Å². The number of aromatic hydroxyl groups is 1. The predicted molar refractivity (Wildman–Crippen MR) is 154 cm³/mol. The molecule has 4 fully saturated rings. The third-order valence-corrected chi connectivity index (χ3v) is 8.86. The van der Waals surface area contributed by atoms with Crippen LogP contribution in [0.2, 0.25) is 0 Å². The molecular formula is C25H36KN4O12S. The number of hydrogen-bond donors (Lipinski definition) is 6.